The van der Waals surface area contributed by atoms with Gasteiger partial charge in [0.1, 0.15) is 5.71 Å². The van der Waals surface area contributed by atoms with Gasteiger partial charge in [-0.1, -0.05) is 0 Å². The van der Waals surface area contributed by atoms with E-state index in [2.05, 4.69) is 15.1 Å². The Hall–Kier alpha value is -2.56. The lowest BCUT2D eigenvalue weighted by molar-refractivity contribution is -0.134. The Balaban J connectivity index is 1.42. The fraction of sp³-hybridized carbons (Fsp3) is 0.588. The van der Waals surface area contributed by atoms with Crippen LogP contribution in [0.4, 0.5) is 5.95 Å². The van der Waals surface area contributed by atoms with Gasteiger partial charge >= 0.3 is 0 Å². The number of sulfone groups is 1. The van der Waals surface area contributed by atoms with Gasteiger partial charge in [0.15, 0.2) is 9.84 Å². The fourth-order valence-electron chi connectivity index (χ4n) is 3.73. The number of rotatable bonds is 3. The molecule has 0 N–H and O–H groups in total. The molecule has 0 saturated carbocycles. The number of carbonyl (C=O) groups is 2. The van der Waals surface area contributed by atoms with Crippen LogP contribution in [0.5, 0.6) is 0 Å². The fourth-order valence-corrected chi connectivity index (χ4v) is 5.42. The van der Waals surface area contributed by atoms with Crippen molar-refractivity contribution in [2.75, 3.05) is 42.6 Å². The summed E-state index contributed by atoms with van der Waals surface area (Å²) in [6, 6.07) is 1.29. The average molecular weight is 406 g/mol. The van der Waals surface area contributed by atoms with Gasteiger partial charge in [0.25, 0.3) is 5.91 Å². The van der Waals surface area contributed by atoms with Crippen molar-refractivity contribution in [2.45, 2.75) is 25.3 Å². The third-order valence-corrected chi connectivity index (χ3v) is 7.01. The number of piperazine rings is 1. The monoisotopic (exact) mass is 406 g/mol. The standard InChI is InChI=1S/C17H22N6O4S/c24-15-3-2-14(20-23(15)13-4-11-28(26,27)12-13)16(25)21-7-9-22(10-8-21)17-18-5-1-6-19-17/h1,5-6,13H,2-4,7-12H2/t13-/m0/s1. The molecule has 150 valence electrons. The van der Waals surface area contributed by atoms with Crippen LogP contribution in [0, 0.1) is 0 Å². The maximum Gasteiger partial charge on any atom is 0.270 e. The van der Waals surface area contributed by atoms with E-state index in [1.807, 2.05) is 4.90 Å². The number of anilines is 1. The lowest BCUT2D eigenvalue weighted by atomic mass is 10.1. The molecule has 2 fully saturated rings. The van der Waals surface area contributed by atoms with Gasteiger partial charge in [-0.3, -0.25) is 9.59 Å². The highest BCUT2D eigenvalue weighted by molar-refractivity contribution is 7.91. The van der Waals surface area contributed by atoms with E-state index >= 15 is 0 Å². The first-order chi connectivity index (χ1) is 13.4. The molecule has 1 atom stereocenters. The van der Waals surface area contributed by atoms with E-state index < -0.39 is 15.9 Å². The smallest absolute Gasteiger partial charge is 0.270 e. The second kappa shape index (κ2) is 7.46. The first kappa shape index (κ1) is 18.8. The summed E-state index contributed by atoms with van der Waals surface area (Å²) in [5, 5.41) is 5.50. The first-order valence-electron chi connectivity index (χ1n) is 9.34. The summed E-state index contributed by atoms with van der Waals surface area (Å²) in [6.45, 7) is 2.27. The SMILES string of the molecule is O=C(C1=NN([C@H]2CCS(=O)(=O)C2)C(=O)CC1)N1CCN(c2ncccn2)CC1. The summed E-state index contributed by atoms with van der Waals surface area (Å²) >= 11 is 0. The molecule has 1 aromatic heterocycles. The van der Waals surface area contributed by atoms with Crippen molar-refractivity contribution < 1.29 is 18.0 Å². The van der Waals surface area contributed by atoms with Crippen molar-refractivity contribution in [3.05, 3.63) is 18.5 Å². The van der Waals surface area contributed by atoms with Gasteiger partial charge in [-0.2, -0.15) is 5.10 Å². The lowest BCUT2D eigenvalue weighted by Crippen LogP contribution is -2.52. The topological polar surface area (TPSA) is 116 Å². The third-order valence-electron chi connectivity index (χ3n) is 5.26. The maximum atomic E-state index is 12.9. The molecule has 11 heteroatoms. The normalized spacial score (nSPS) is 25.0. The average Bonchev–Trinajstić information content (AvgIpc) is 3.08. The maximum absolute atomic E-state index is 12.9. The van der Waals surface area contributed by atoms with Gasteiger partial charge < -0.3 is 9.80 Å². The summed E-state index contributed by atoms with van der Waals surface area (Å²) in [5.41, 5.74) is 0.327. The van der Waals surface area contributed by atoms with Crippen molar-refractivity contribution >= 4 is 33.3 Å². The molecule has 28 heavy (non-hydrogen) atoms. The minimum Gasteiger partial charge on any atom is -0.337 e. The van der Waals surface area contributed by atoms with Gasteiger partial charge in [0.05, 0.1) is 17.5 Å². The number of carbonyl (C=O) groups excluding carboxylic acids is 2. The lowest BCUT2D eigenvalue weighted by Gasteiger charge is -2.35. The van der Waals surface area contributed by atoms with E-state index in [1.165, 1.54) is 5.01 Å². The molecule has 0 unspecified atom stereocenters. The molecule has 4 heterocycles. The van der Waals surface area contributed by atoms with Crippen molar-refractivity contribution in [2.24, 2.45) is 5.10 Å². The number of amides is 2. The number of aromatic nitrogens is 2. The molecule has 3 aliphatic rings. The molecule has 0 bridgehead atoms. The Morgan fingerprint density at radius 2 is 1.79 bits per heavy atom. The quantitative estimate of drug-likeness (QED) is 0.651. The largest absolute Gasteiger partial charge is 0.337 e. The van der Waals surface area contributed by atoms with Crippen LogP contribution in [0.25, 0.3) is 0 Å². The minimum atomic E-state index is -3.13. The molecule has 3 aliphatic heterocycles. The predicted molar refractivity (Wildman–Crippen MR) is 101 cm³/mol. The van der Waals surface area contributed by atoms with Crippen molar-refractivity contribution in [3.63, 3.8) is 0 Å². The predicted octanol–water partition coefficient (Wildman–Crippen LogP) is -0.709. The third kappa shape index (κ3) is 3.84. The highest BCUT2D eigenvalue weighted by Gasteiger charge is 2.38. The van der Waals surface area contributed by atoms with Gasteiger partial charge in [0, 0.05) is 51.4 Å². The zero-order valence-electron chi connectivity index (χ0n) is 15.4. The number of nitrogens with zero attached hydrogens (tertiary/aromatic N) is 6. The number of hydrazone groups is 1. The number of hydrogen-bond donors (Lipinski definition) is 0. The molecule has 1 aromatic rings. The molecule has 0 spiro atoms. The van der Waals surface area contributed by atoms with E-state index in [9.17, 15) is 18.0 Å². The van der Waals surface area contributed by atoms with E-state index in [0.29, 0.717) is 44.3 Å². The Kier molecular flexibility index (Phi) is 5.00. The zero-order chi connectivity index (χ0) is 19.7. The van der Waals surface area contributed by atoms with Crippen LogP contribution >= 0.6 is 0 Å². The molecule has 0 aromatic carbocycles. The van der Waals surface area contributed by atoms with Crippen LogP contribution in [-0.4, -0.2) is 89.5 Å². The van der Waals surface area contributed by atoms with Crippen molar-refractivity contribution in [1.82, 2.24) is 19.9 Å². The molecule has 2 saturated heterocycles. The molecule has 0 aliphatic carbocycles. The first-order valence-corrected chi connectivity index (χ1v) is 11.2. The summed E-state index contributed by atoms with van der Waals surface area (Å²) in [6.07, 6.45) is 4.21. The Bertz CT molecular complexity index is 895. The van der Waals surface area contributed by atoms with Crippen LogP contribution in [0.15, 0.2) is 23.6 Å². The van der Waals surface area contributed by atoms with Crippen LogP contribution in [0.1, 0.15) is 19.3 Å². The van der Waals surface area contributed by atoms with E-state index in [1.54, 1.807) is 23.4 Å². The molecule has 2 amide bonds. The molecule has 4 rings (SSSR count). The highest BCUT2D eigenvalue weighted by Crippen LogP contribution is 2.23. The Morgan fingerprint density at radius 1 is 1.07 bits per heavy atom. The zero-order valence-corrected chi connectivity index (χ0v) is 16.2. The van der Waals surface area contributed by atoms with Crippen molar-refractivity contribution in [1.29, 1.82) is 0 Å². The molecule has 10 nitrogen and oxygen atoms in total. The minimum absolute atomic E-state index is 0.0593. The van der Waals surface area contributed by atoms with Gasteiger partial charge in [-0.15, -0.1) is 0 Å². The van der Waals surface area contributed by atoms with E-state index in [-0.39, 0.29) is 36.2 Å². The van der Waals surface area contributed by atoms with E-state index in [4.69, 9.17) is 0 Å². The second-order valence-electron chi connectivity index (χ2n) is 7.17. The molecule has 0 radical (unpaired) electrons. The van der Waals surface area contributed by atoms with Crippen LogP contribution in [0.3, 0.4) is 0 Å². The number of hydrogen-bond acceptors (Lipinski definition) is 8. The van der Waals surface area contributed by atoms with Crippen LogP contribution < -0.4 is 4.90 Å². The Labute approximate surface area is 163 Å². The van der Waals surface area contributed by atoms with Gasteiger partial charge in [-0.25, -0.2) is 23.4 Å². The highest BCUT2D eigenvalue weighted by atomic mass is 32.2. The van der Waals surface area contributed by atoms with Crippen LogP contribution in [-0.2, 0) is 19.4 Å². The summed E-state index contributed by atoms with van der Waals surface area (Å²) in [7, 11) is -3.13. The summed E-state index contributed by atoms with van der Waals surface area (Å²) < 4.78 is 23.4. The van der Waals surface area contributed by atoms with Crippen LogP contribution in [0.2, 0.25) is 0 Å². The molecular formula is C17H22N6O4S. The van der Waals surface area contributed by atoms with Gasteiger partial charge in [0.2, 0.25) is 11.9 Å². The second-order valence-corrected chi connectivity index (χ2v) is 9.40. The van der Waals surface area contributed by atoms with E-state index in [0.717, 1.165) is 0 Å². The summed E-state index contributed by atoms with van der Waals surface area (Å²) in [4.78, 5) is 37.3. The Morgan fingerprint density at radius 3 is 2.43 bits per heavy atom. The van der Waals surface area contributed by atoms with Gasteiger partial charge in [-0.05, 0) is 12.5 Å². The van der Waals surface area contributed by atoms with Crippen molar-refractivity contribution in [3.8, 4) is 0 Å². The molecular weight excluding hydrogens is 384 g/mol. The summed E-state index contributed by atoms with van der Waals surface area (Å²) in [5.74, 6) is 0.212.